The first-order valence-electron chi connectivity index (χ1n) is 9.73. The maximum Gasteiger partial charge on any atom is 0.242 e. The Morgan fingerprint density at radius 2 is 1.90 bits per heavy atom. The number of aliphatic hydroxyl groups excluding tert-OH is 1. The second kappa shape index (κ2) is 9.09. The van der Waals surface area contributed by atoms with E-state index in [4.69, 9.17) is 4.84 Å². The molecule has 1 aliphatic carbocycles. The van der Waals surface area contributed by atoms with E-state index in [9.17, 15) is 18.3 Å². The van der Waals surface area contributed by atoms with Crippen LogP contribution < -0.4 is 0 Å². The average molecular weight is 423 g/mol. The molecule has 0 spiro atoms. The van der Waals surface area contributed by atoms with Gasteiger partial charge in [-0.1, -0.05) is 18.1 Å². The maximum absolute atomic E-state index is 12.9. The minimum absolute atomic E-state index is 0.0220. The number of carbonyl (C=O) groups excluding carboxylic acids is 1. The third kappa shape index (κ3) is 4.53. The topological polar surface area (TPSA) is 96.3 Å². The molecule has 1 N–H and O–H groups in total. The zero-order valence-corrected chi connectivity index (χ0v) is 18.8. The molecule has 0 saturated heterocycles. The van der Waals surface area contributed by atoms with Crippen molar-refractivity contribution in [2.75, 3.05) is 20.7 Å². The van der Waals surface area contributed by atoms with Crippen molar-refractivity contribution in [2.24, 2.45) is 5.16 Å². The summed E-state index contributed by atoms with van der Waals surface area (Å²) in [6.45, 7) is 7.67. The molecule has 1 aromatic carbocycles. The van der Waals surface area contributed by atoms with Crippen molar-refractivity contribution in [2.45, 2.75) is 57.8 Å². The molecular formula is C21H30N2O5S. The lowest BCUT2D eigenvalue weighted by atomic mass is 9.78. The van der Waals surface area contributed by atoms with Crippen LogP contribution in [0.1, 0.15) is 55.7 Å². The fourth-order valence-corrected chi connectivity index (χ4v) is 4.93. The molecule has 1 aliphatic rings. The van der Waals surface area contributed by atoms with Gasteiger partial charge in [0.1, 0.15) is 12.4 Å². The third-order valence-electron chi connectivity index (χ3n) is 5.22. The van der Waals surface area contributed by atoms with E-state index in [0.717, 1.165) is 11.1 Å². The Balaban J connectivity index is 2.53. The molecule has 0 saturated carbocycles. The van der Waals surface area contributed by atoms with Gasteiger partial charge in [0.15, 0.2) is 5.78 Å². The first kappa shape index (κ1) is 23.1. The van der Waals surface area contributed by atoms with E-state index >= 15 is 0 Å². The van der Waals surface area contributed by atoms with Crippen molar-refractivity contribution in [1.82, 2.24) is 4.31 Å². The van der Waals surface area contributed by atoms with Crippen molar-refractivity contribution in [1.29, 1.82) is 0 Å². The number of sulfonamides is 1. The summed E-state index contributed by atoms with van der Waals surface area (Å²) in [5.41, 5.74) is 2.97. The number of ketones is 1. The number of nitrogens with zero attached hydrogens (tertiary/aromatic N) is 2. The molecule has 1 unspecified atom stereocenters. The van der Waals surface area contributed by atoms with Gasteiger partial charge in [-0.3, -0.25) is 4.79 Å². The smallest absolute Gasteiger partial charge is 0.242 e. The van der Waals surface area contributed by atoms with Crippen LogP contribution in [0.15, 0.2) is 33.5 Å². The van der Waals surface area contributed by atoms with Crippen molar-refractivity contribution >= 4 is 21.5 Å². The van der Waals surface area contributed by atoms with Crippen LogP contribution in [0.3, 0.4) is 0 Å². The summed E-state index contributed by atoms with van der Waals surface area (Å²) in [5, 5.41) is 14.6. The van der Waals surface area contributed by atoms with Crippen LogP contribution in [-0.2, 0) is 19.7 Å². The summed E-state index contributed by atoms with van der Waals surface area (Å²) in [4.78, 5) is 18.2. The van der Waals surface area contributed by atoms with Gasteiger partial charge in [-0.05, 0) is 55.9 Å². The second-order valence-corrected chi connectivity index (χ2v) is 9.49. The van der Waals surface area contributed by atoms with Crippen molar-refractivity contribution in [3.05, 3.63) is 40.2 Å². The average Bonchev–Trinajstić information content (AvgIpc) is 2.63. The van der Waals surface area contributed by atoms with Crippen LogP contribution in [0.25, 0.3) is 0 Å². The Morgan fingerprint density at radius 3 is 2.41 bits per heavy atom. The quantitative estimate of drug-likeness (QED) is 0.535. The molecule has 0 aliphatic heterocycles. The fraction of sp³-hybridized carbons (Fsp3) is 0.524. The fourth-order valence-electron chi connectivity index (χ4n) is 3.80. The van der Waals surface area contributed by atoms with E-state index in [0.29, 0.717) is 24.3 Å². The van der Waals surface area contributed by atoms with E-state index in [2.05, 4.69) is 5.16 Å². The molecule has 0 bridgehead atoms. The first-order chi connectivity index (χ1) is 13.6. The molecular weight excluding hydrogens is 392 g/mol. The highest BCUT2D eigenvalue weighted by Gasteiger charge is 2.34. The van der Waals surface area contributed by atoms with Gasteiger partial charge in [-0.15, -0.1) is 0 Å². The normalized spacial score (nSPS) is 18.5. The number of hydrogen-bond acceptors (Lipinski definition) is 6. The standard InChI is InChI=1S/C21H30N2O5S/c1-7-16(22-28-8-2)21-17(24)11-15(12-18(21)25)20-13(3)9-10-19(14(20)4)29(26,27)23(5)6/h9-10,15,24H,7-8,11-12H2,1-6H3. The second-order valence-electron chi connectivity index (χ2n) is 7.37. The molecule has 29 heavy (non-hydrogen) atoms. The molecule has 0 amide bonds. The maximum atomic E-state index is 12.9. The van der Waals surface area contributed by atoms with Crippen LogP contribution in [0.4, 0.5) is 0 Å². The van der Waals surface area contributed by atoms with E-state index in [1.165, 1.54) is 18.4 Å². The lowest BCUT2D eigenvalue weighted by molar-refractivity contribution is -0.116. The Morgan fingerprint density at radius 1 is 1.24 bits per heavy atom. The molecule has 0 heterocycles. The highest BCUT2D eigenvalue weighted by Crippen LogP contribution is 2.39. The Bertz CT molecular complexity index is 962. The van der Waals surface area contributed by atoms with Gasteiger partial charge in [0, 0.05) is 26.9 Å². The summed E-state index contributed by atoms with van der Waals surface area (Å²) < 4.78 is 26.5. The number of Topliss-reactive ketones (excluding diaryl/α,β-unsaturated/α-hetero) is 1. The number of rotatable bonds is 7. The monoisotopic (exact) mass is 422 g/mol. The molecule has 7 nitrogen and oxygen atoms in total. The van der Waals surface area contributed by atoms with E-state index in [1.54, 1.807) is 26.0 Å². The van der Waals surface area contributed by atoms with Crippen LogP contribution >= 0.6 is 0 Å². The molecule has 2 rings (SSSR count). The summed E-state index contributed by atoms with van der Waals surface area (Å²) >= 11 is 0. The predicted octanol–water partition coefficient (Wildman–Crippen LogP) is 3.61. The number of allylic oxidation sites excluding steroid dienone is 2. The number of aryl methyl sites for hydroxylation is 1. The van der Waals surface area contributed by atoms with E-state index < -0.39 is 10.0 Å². The highest BCUT2D eigenvalue weighted by molar-refractivity contribution is 7.89. The van der Waals surface area contributed by atoms with Gasteiger partial charge >= 0.3 is 0 Å². The van der Waals surface area contributed by atoms with Gasteiger partial charge in [-0.25, -0.2) is 12.7 Å². The summed E-state index contributed by atoms with van der Waals surface area (Å²) in [6.07, 6.45) is 0.890. The van der Waals surface area contributed by atoms with Crippen molar-refractivity contribution in [3.63, 3.8) is 0 Å². The van der Waals surface area contributed by atoms with Gasteiger partial charge in [0.2, 0.25) is 10.0 Å². The summed E-state index contributed by atoms with van der Waals surface area (Å²) in [5.74, 6) is -0.529. The van der Waals surface area contributed by atoms with Crippen LogP contribution in [0, 0.1) is 13.8 Å². The Kier molecular flexibility index (Phi) is 7.24. The minimum atomic E-state index is -3.61. The molecule has 1 atom stereocenters. The third-order valence-corrected chi connectivity index (χ3v) is 7.18. The highest BCUT2D eigenvalue weighted by atomic mass is 32.2. The largest absolute Gasteiger partial charge is 0.511 e. The van der Waals surface area contributed by atoms with Gasteiger partial charge in [0.25, 0.3) is 0 Å². The number of benzene rings is 1. The lowest BCUT2D eigenvalue weighted by Crippen LogP contribution is -2.26. The van der Waals surface area contributed by atoms with Crippen LogP contribution in [-0.4, -0.2) is 50.0 Å². The van der Waals surface area contributed by atoms with Crippen molar-refractivity contribution in [3.8, 4) is 0 Å². The molecule has 1 aromatic rings. The molecule has 160 valence electrons. The van der Waals surface area contributed by atoms with Crippen LogP contribution in [0.5, 0.6) is 0 Å². The lowest BCUT2D eigenvalue weighted by Gasteiger charge is -2.28. The molecule has 0 fully saturated rings. The van der Waals surface area contributed by atoms with Gasteiger partial charge in [-0.2, -0.15) is 0 Å². The predicted molar refractivity (Wildman–Crippen MR) is 113 cm³/mol. The van der Waals surface area contributed by atoms with Gasteiger partial charge < -0.3 is 9.94 Å². The zero-order chi connectivity index (χ0) is 21.9. The summed E-state index contributed by atoms with van der Waals surface area (Å²) in [6, 6.07) is 3.35. The summed E-state index contributed by atoms with van der Waals surface area (Å²) in [7, 11) is -0.634. The molecule has 8 heteroatoms. The number of aliphatic hydroxyl groups is 1. The zero-order valence-electron chi connectivity index (χ0n) is 17.9. The Labute approximate surface area is 173 Å². The Hall–Kier alpha value is -2.19. The molecule has 0 radical (unpaired) electrons. The van der Waals surface area contributed by atoms with Gasteiger partial charge in [0.05, 0.1) is 16.2 Å². The minimum Gasteiger partial charge on any atom is -0.511 e. The molecule has 0 aromatic heterocycles. The number of oxime groups is 1. The van der Waals surface area contributed by atoms with Crippen molar-refractivity contribution < 1.29 is 23.2 Å². The van der Waals surface area contributed by atoms with Crippen LogP contribution in [0.2, 0.25) is 0 Å². The van der Waals surface area contributed by atoms with E-state index in [1.807, 2.05) is 13.8 Å². The van der Waals surface area contributed by atoms with E-state index in [-0.39, 0.29) is 40.8 Å². The number of hydrogen-bond donors (Lipinski definition) is 1. The SMILES string of the molecule is CCON=C(CC)C1=C(O)CC(c2c(C)ccc(S(=O)(=O)N(C)C)c2C)CC1=O. The number of carbonyl (C=O) groups is 1. The first-order valence-corrected chi connectivity index (χ1v) is 11.2.